The fraction of sp³-hybridized carbons (Fsp3) is 0.769. The Morgan fingerprint density at radius 3 is 1.32 bits per heavy atom. The molecule has 14 heteroatoms. The maximum atomic E-state index is 12.0. The first-order chi connectivity index (χ1) is 19.3. The average molecular weight is 615 g/mol. The Labute approximate surface area is 239 Å². The second-order valence-electron chi connectivity index (χ2n) is 8.53. The van der Waals surface area contributed by atoms with Crippen LogP contribution in [0.3, 0.4) is 0 Å². The molecule has 1 unspecified atom stereocenters. The third-order valence-electron chi connectivity index (χ3n) is 5.05. The van der Waals surface area contributed by atoms with Gasteiger partial charge in [-0.25, -0.2) is 0 Å². The summed E-state index contributed by atoms with van der Waals surface area (Å²) in [5.41, 5.74) is 0.974. The van der Waals surface area contributed by atoms with Gasteiger partial charge in [0.05, 0.1) is 111 Å². The highest BCUT2D eigenvalue weighted by atomic mass is 32.2. The maximum absolute atomic E-state index is 12.0. The molecule has 0 spiro atoms. The lowest BCUT2D eigenvalue weighted by Gasteiger charge is -2.12. The Balaban J connectivity index is 1.75. The van der Waals surface area contributed by atoms with E-state index in [4.69, 9.17) is 41.9 Å². The zero-order chi connectivity index (χ0) is 29.4. The van der Waals surface area contributed by atoms with Gasteiger partial charge in [0.2, 0.25) is 7.37 Å². The van der Waals surface area contributed by atoms with Crippen LogP contribution in [0.1, 0.15) is 12.5 Å². The second-order valence-corrected chi connectivity index (χ2v) is 12.9. The third kappa shape index (κ3) is 20.8. The summed E-state index contributed by atoms with van der Waals surface area (Å²) in [6, 6.07) is 6.47. The second kappa shape index (κ2) is 23.6. The highest BCUT2D eigenvalue weighted by Crippen LogP contribution is 2.41. The minimum atomic E-state index is -3.77. The molecular weight excluding hydrogens is 567 g/mol. The predicted octanol–water partition coefficient (Wildman–Crippen LogP) is 2.76. The molecule has 0 amide bonds. The number of aryl methyl sites for hydroxylation is 1. The van der Waals surface area contributed by atoms with Crippen molar-refractivity contribution in [1.29, 1.82) is 0 Å². The van der Waals surface area contributed by atoms with Crippen LogP contribution in [0.5, 0.6) is 0 Å². The van der Waals surface area contributed by atoms with E-state index >= 15 is 0 Å². The Bertz CT molecular complexity index is 882. The van der Waals surface area contributed by atoms with E-state index in [1.54, 1.807) is 18.8 Å². The van der Waals surface area contributed by atoms with Crippen LogP contribution in [0.15, 0.2) is 29.2 Å². The van der Waals surface area contributed by atoms with E-state index in [0.717, 1.165) is 5.56 Å². The Morgan fingerprint density at radius 2 is 0.950 bits per heavy atom. The molecule has 0 heterocycles. The van der Waals surface area contributed by atoms with E-state index in [1.165, 1.54) is 12.1 Å². The fourth-order valence-corrected chi connectivity index (χ4v) is 4.99. The van der Waals surface area contributed by atoms with E-state index in [9.17, 15) is 13.0 Å². The number of ether oxygens (including phenoxy) is 7. The maximum Gasteiger partial charge on any atom is 0.297 e. The largest absolute Gasteiger partial charge is 0.378 e. The van der Waals surface area contributed by atoms with Crippen molar-refractivity contribution in [3.8, 4) is 0 Å². The van der Waals surface area contributed by atoms with Crippen LogP contribution in [-0.2, 0) is 56.5 Å². The molecule has 0 aliphatic heterocycles. The normalized spacial score (nSPS) is 13.5. The molecule has 1 aromatic carbocycles. The van der Waals surface area contributed by atoms with Gasteiger partial charge in [0.1, 0.15) is 0 Å². The topological polar surface area (TPSA) is 134 Å². The van der Waals surface area contributed by atoms with Crippen molar-refractivity contribution in [2.75, 3.05) is 119 Å². The number of rotatable bonds is 28. The summed E-state index contributed by atoms with van der Waals surface area (Å²) in [6.07, 6.45) is 0.406. The zero-order valence-corrected chi connectivity index (χ0v) is 25.8. The van der Waals surface area contributed by atoms with Gasteiger partial charge in [-0.2, -0.15) is 8.42 Å². The molecule has 0 aliphatic rings. The number of hydrogen-bond donors (Lipinski definition) is 0. The summed E-state index contributed by atoms with van der Waals surface area (Å²) in [5, 5.41) is 0. The first-order valence-corrected chi connectivity index (χ1v) is 17.1. The molecule has 40 heavy (non-hydrogen) atoms. The molecule has 0 radical (unpaired) electrons. The van der Waals surface area contributed by atoms with Crippen LogP contribution >= 0.6 is 7.37 Å². The van der Waals surface area contributed by atoms with Gasteiger partial charge in [-0.05, 0) is 26.0 Å². The van der Waals surface area contributed by atoms with Crippen molar-refractivity contribution >= 4 is 17.5 Å². The molecule has 0 saturated heterocycles. The third-order valence-corrected chi connectivity index (χ3v) is 8.18. The van der Waals surface area contributed by atoms with E-state index < -0.39 is 17.5 Å². The lowest BCUT2D eigenvalue weighted by molar-refractivity contribution is -0.0208. The Morgan fingerprint density at radius 1 is 0.600 bits per heavy atom. The molecule has 234 valence electrons. The minimum Gasteiger partial charge on any atom is -0.378 e. The van der Waals surface area contributed by atoms with Gasteiger partial charge in [-0.15, -0.1) is 0 Å². The quantitative estimate of drug-likeness (QED) is 0.0780. The first-order valence-electron chi connectivity index (χ1n) is 13.5. The van der Waals surface area contributed by atoms with Crippen LogP contribution in [0.4, 0.5) is 0 Å². The van der Waals surface area contributed by atoms with Crippen molar-refractivity contribution in [3.63, 3.8) is 0 Å². The summed E-state index contributed by atoms with van der Waals surface area (Å²) < 4.78 is 83.9. The van der Waals surface area contributed by atoms with Gasteiger partial charge in [-0.1, -0.05) is 17.7 Å². The van der Waals surface area contributed by atoms with Crippen LogP contribution in [0.25, 0.3) is 0 Å². The van der Waals surface area contributed by atoms with E-state index in [0.29, 0.717) is 98.7 Å². The van der Waals surface area contributed by atoms with Crippen LogP contribution in [0, 0.1) is 6.92 Å². The van der Waals surface area contributed by atoms with Gasteiger partial charge in [0, 0.05) is 12.8 Å². The first kappa shape index (κ1) is 37.1. The van der Waals surface area contributed by atoms with E-state index in [-0.39, 0.29) is 18.1 Å². The number of hydrogen-bond acceptors (Lipinski definition) is 12. The summed E-state index contributed by atoms with van der Waals surface area (Å²) in [6.45, 7) is 11.5. The van der Waals surface area contributed by atoms with Gasteiger partial charge in [-0.3, -0.25) is 8.75 Å². The molecule has 0 N–H and O–H groups in total. The molecular formula is C26H47O12PS. The van der Waals surface area contributed by atoms with Crippen molar-refractivity contribution in [3.05, 3.63) is 29.8 Å². The summed E-state index contributed by atoms with van der Waals surface area (Å²) in [4.78, 5) is 0.126. The summed E-state index contributed by atoms with van der Waals surface area (Å²) in [5.74, 6) is 0. The van der Waals surface area contributed by atoms with Crippen molar-refractivity contribution in [2.24, 2.45) is 0 Å². The lowest BCUT2D eigenvalue weighted by Crippen LogP contribution is -2.15. The van der Waals surface area contributed by atoms with Crippen molar-refractivity contribution in [1.82, 2.24) is 0 Å². The van der Waals surface area contributed by atoms with Gasteiger partial charge in [0.15, 0.2) is 0 Å². The monoisotopic (exact) mass is 614 g/mol. The molecule has 0 saturated carbocycles. The number of benzene rings is 1. The molecule has 0 aliphatic carbocycles. The Kier molecular flexibility index (Phi) is 21.9. The molecule has 1 atom stereocenters. The van der Waals surface area contributed by atoms with Crippen molar-refractivity contribution < 1.29 is 54.8 Å². The van der Waals surface area contributed by atoms with Crippen LogP contribution < -0.4 is 0 Å². The molecule has 12 nitrogen and oxygen atoms in total. The van der Waals surface area contributed by atoms with Gasteiger partial charge in [0.25, 0.3) is 10.1 Å². The predicted molar refractivity (Wildman–Crippen MR) is 150 cm³/mol. The molecule has 0 bridgehead atoms. The zero-order valence-electron chi connectivity index (χ0n) is 24.1. The highest BCUT2D eigenvalue weighted by Gasteiger charge is 2.15. The smallest absolute Gasteiger partial charge is 0.297 e. The van der Waals surface area contributed by atoms with Crippen molar-refractivity contribution in [2.45, 2.75) is 18.7 Å². The molecule has 1 aromatic rings. The van der Waals surface area contributed by atoms with Gasteiger partial charge >= 0.3 is 0 Å². The highest BCUT2D eigenvalue weighted by molar-refractivity contribution is 7.86. The van der Waals surface area contributed by atoms with Gasteiger partial charge < -0.3 is 37.7 Å². The van der Waals surface area contributed by atoms with Crippen LogP contribution in [-0.4, -0.2) is 127 Å². The average Bonchev–Trinajstić information content (AvgIpc) is 2.91. The molecule has 0 fully saturated rings. The summed E-state index contributed by atoms with van der Waals surface area (Å²) >= 11 is 0. The molecule has 0 aromatic heterocycles. The van der Waals surface area contributed by atoms with E-state index in [2.05, 4.69) is 0 Å². The fourth-order valence-electron chi connectivity index (χ4n) is 2.97. The van der Waals surface area contributed by atoms with Crippen LogP contribution in [0.2, 0.25) is 0 Å². The summed E-state index contributed by atoms with van der Waals surface area (Å²) in [7, 11) is -6.30. The van der Waals surface area contributed by atoms with E-state index in [1.807, 2.05) is 13.8 Å². The minimum absolute atomic E-state index is 0.0603. The lowest BCUT2D eigenvalue weighted by atomic mass is 10.2. The standard InChI is InChI=1S/C26H47O12PS/c1-4-37-39(3,27)24-23-36-20-19-34-16-15-32-12-11-30-9-10-31-13-14-33-17-18-35-21-22-38-40(28,29)26-7-5-25(2)6-8-26/h5-8H,4,9-24H2,1-3H3. The SMILES string of the molecule is CCOP(C)(=O)CCOCCOCCOCCOCCOCCOCCOCCOS(=O)(=O)c1ccc(C)cc1. The Hall–Kier alpha value is -0.960. The molecule has 1 rings (SSSR count).